The molecule has 0 saturated carbocycles. The highest BCUT2D eigenvalue weighted by Crippen LogP contribution is 2.46. The molecule has 202 valence electrons. The highest BCUT2D eigenvalue weighted by Gasteiger charge is 2.43. The molecule has 2 aliphatic rings. The van der Waals surface area contributed by atoms with Crippen molar-refractivity contribution in [1.82, 2.24) is 5.32 Å². The van der Waals surface area contributed by atoms with E-state index >= 15 is 0 Å². The minimum Gasteiger partial charge on any atom is -0.464 e. The maximum Gasteiger partial charge on any atom is 0.336 e. The number of hydrogen-bond acceptors (Lipinski definition) is 7. The monoisotopic (exact) mass is 551 g/mol. The summed E-state index contributed by atoms with van der Waals surface area (Å²) in [6.07, 6.45) is 2.89. The van der Waals surface area contributed by atoms with Crippen molar-refractivity contribution >= 4 is 34.1 Å². The van der Waals surface area contributed by atoms with E-state index in [4.69, 9.17) is 9.15 Å². The van der Waals surface area contributed by atoms with Crippen molar-refractivity contribution in [1.29, 1.82) is 0 Å². The zero-order valence-corrected chi connectivity index (χ0v) is 23.2. The number of ketones is 1. The maximum atomic E-state index is 13.9. The van der Waals surface area contributed by atoms with Crippen LogP contribution in [0.1, 0.15) is 53.2 Å². The summed E-state index contributed by atoms with van der Waals surface area (Å²) in [5, 5.41) is 5.79. The number of thiophene rings is 1. The van der Waals surface area contributed by atoms with Crippen LogP contribution in [0.15, 0.2) is 104 Å². The summed E-state index contributed by atoms with van der Waals surface area (Å²) in [6, 6.07) is 19.2. The van der Waals surface area contributed by atoms with Crippen LogP contribution in [0.3, 0.4) is 0 Å². The summed E-state index contributed by atoms with van der Waals surface area (Å²) >= 11 is 1.63. The molecule has 2 aromatic heterocycles. The van der Waals surface area contributed by atoms with Gasteiger partial charge in [0, 0.05) is 46.2 Å². The molecule has 3 heterocycles. The van der Waals surface area contributed by atoms with Crippen molar-refractivity contribution in [3.63, 3.8) is 0 Å². The second-order valence-corrected chi connectivity index (χ2v) is 11.4. The Bertz CT molecular complexity index is 1730. The van der Waals surface area contributed by atoms with E-state index in [1.165, 1.54) is 6.26 Å². The number of carbonyl (C=O) groups excluding carboxylic acids is 2. The zero-order chi connectivity index (χ0) is 27.8. The molecule has 1 aliphatic heterocycles. The lowest BCUT2D eigenvalue weighted by molar-refractivity contribution is -0.139. The lowest BCUT2D eigenvalue weighted by Crippen LogP contribution is -2.37. The van der Waals surface area contributed by atoms with Crippen LogP contribution in [0.25, 0.3) is 11.0 Å². The minimum absolute atomic E-state index is 0.0437. The Morgan fingerprint density at radius 3 is 2.65 bits per heavy atom. The molecule has 4 aromatic rings. The molecular weight excluding hydrogens is 522 g/mol. The van der Waals surface area contributed by atoms with Gasteiger partial charge in [-0.2, -0.15) is 0 Å². The number of nitrogens with one attached hydrogen (secondary N) is 1. The van der Waals surface area contributed by atoms with Gasteiger partial charge in [0.1, 0.15) is 5.58 Å². The normalized spacial score (nSPS) is 19.0. The molecule has 0 radical (unpaired) electrons. The van der Waals surface area contributed by atoms with Crippen LogP contribution in [0.4, 0.5) is 0 Å². The maximum absolute atomic E-state index is 13.9. The third kappa shape index (κ3) is 4.82. The topological polar surface area (TPSA) is 85.6 Å². The molecule has 1 aliphatic carbocycles. The second kappa shape index (κ2) is 10.7. The fourth-order valence-corrected chi connectivity index (χ4v) is 6.62. The van der Waals surface area contributed by atoms with Gasteiger partial charge < -0.3 is 14.5 Å². The van der Waals surface area contributed by atoms with E-state index < -0.39 is 11.9 Å². The van der Waals surface area contributed by atoms with Gasteiger partial charge in [0.25, 0.3) is 0 Å². The number of Topliss-reactive ketones (excluding diaryl/α,β-unsaturated/α-hetero) is 1. The number of carbonyl (C=O) groups is 2. The van der Waals surface area contributed by atoms with E-state index in [1.54, 1.807) is 30.4 Å². The largest absolute Gasteiger partial charge is 0.464 e. The zero-order valence-electron chi connectivity index (χ0n) is 22.4. The van der Waals surface area contributed by atoms with E-state index in [-0.39, 0.29) is 34.9 Å². The molecule has 6 nitrogen and oxygen atoms in total. The van der Waals surface area contributed by atoms with E-state index in [2.05, 4.69) is 5.32 Å². The van der Waals surface area contributed by atoms with Crippen LogP contribution < -0.4 is 10.7 Å². The van der Waals surface area contributed by atoms with Gasteiger partial charge in [0.05, 0.1) is 29.7 Å². The molecule has 1 N–H and O–H groups in total. The molecule has 0 fully saturated rings. The number of aryl methyl sites for hydroxylation is 1. The predicted octanol–water partition coefficient (Wildman–Crippen LogP) is 6.31. The molecule has 0 bridgehead atoms. The van der Waals surface area contributed by atoms with Crippen molar-refractivity contribution in [2.75, 3.05) is 6.61 Å². The number of esters is 1. The Kier molecular flexibility index (Phi) is 6.98. The number of rotatable bonds is 6. The summed E-state index contributed by atoms with van der Waals surface area (Å²) < 4.78 is 11.6. The molecule has 0 amide bonds. The molecule has 2 atom stereocenters. The first-order valence-corrected chi connectivity index (χ1v) is 14.3. The van der Waals surface area contributed by atoms with Crippen LogP contribution >= 0.6 is 11.3 Å². The highest BCUT2D eigenvalue weighted by molar-refractivity contribution is 7.10. The van der Waals surface area contributed by atoms with Crippen molar-refractivity contribution in [3.05, 3.63) is 127 Å². The lowest BCUT2D eigenvalue weighted by Gasteiger charge is -2.36. The first kappa shape index (κ1) is 26.0. The van der Waals surface area contributed by atoms with Crippen molar-refractivity contribution in [3.8, 4) is 0 Å². The molecule has 0 saturated heterocycles. The lowest BCUT2D eigenvalue weighted by atomic mass is 9.73. The summed E-state index contributed by atoms with van der Waals surface area (Å²) in [6.45, 7) is 3.89. The van der Waals surface area contributed by atoms with Gasteiger partial charge in [-0.3, -0.25) is 9.59 Å². The summed E-state index contributed by atoms with van der Waals surface area (Å²) in [5.74, 6) is -1.46. The van der Waals surface area contributed by atoms with E-state index in [1.807, 2.05) is 60.8 Å². The number of allylic oxidation sites excluding steroid dienone is 3. The third-order valence-electron chi connectivity index (χ3n) is 7.73. The van der Waals surface area contributed by atoms with Gasteiger partial charge in [-0.25, -0.2) is 4.79 Å². The van der Waals surface area contributed by atoms with Gasteiger partial charge >= 0.3 is 5.97 Å². The second-order valence-electron chi connectivity index (χ2n) is 10.4. The Morgan fingerprint density at radius 1 is 1.05 bits per heavy atom. The Hall–Kier alpha value is -4.23. The van der Waals surface area contributed by atoms with Gasteiger partial charge in [-0.15, -0.1) is 11.3 Å². The Labute approximate surface area is 236 Å². The van der Waals surface area contributed by atoms with Crippen LogP contribution in [0.5, 0.6) is 0 Å². The summed E-state index contributed by atoms with van der Waals surface area (Å²) in [4.78, 5) is 42.5. The predicted molar refractivity (Wildman–Crippen MR) is 155 cm³/mol. The minimum atomic E-state index is -0.876. The molecule has 40 heavy (non-hydrogen) atoms. The molecule has 7 heteroatoms. The first-order chi connectivity index (χ1) is 19.4. The van der Waals surface area contributed by atoms with Crippen molar-refractivity contribution in [2.45, 2.75) is 44.9 Å². The van der Waals surface area contributed by atoms with Crippen molar-refractivity contribution < 1.29 is 18.7 Å². The SMILES string of the molecule is CC1=C(C(=O)OCCc2ccccc2)[C@@H](c2coc3ccc(C)cc3c2=O)C2=C(C[C@H](c3cccs3)CC2=O)N1. The van der Waals surface area contributed by atoms with Gasteiger partial charge in [-0.1, -0.05) is 48.0 Å². The standard InChI is InChI=1S/C33H29NO5S/c1-19-10-11-27-23(15-19)32(36)24(18-39-27)30-29(33(37)38-13-12-21-7-4-3-5-8-21)20(2)34-25-16-22(17-26(35)31(25)30)28-9-6-14-40-28/h3-11,14-15,18,22,30,34H,12-13,16-17H2,1-2H3/t22-,30+/m0/s1. The summed E-state index contributed by atoms with van der Waals surface area (Å²) in [5.41, 5.74) is 4.51. The number of benzene rings is 2. The van der Waals surface area contributed by atoms with Crippen LogP contribution in [-0.4, -0.2) is 18.4 Å². The average molecular weight is 552 g/mol. The molecule has 6 rings (SSSR count). The van der Waals surface area contributed by atoms with E-state index in [0.717, 1.165) is 21.7 Å². The molecule has 2 aromatic carbocycles. The van der Waals surface area contributed by atoms with Crippen molar-refractivity contribution in [2.24, 2.45) is 0 Å². The van der Waals surface area contributed by atoms with E-state index in [0.29, 0.717) is 41.5 Å². The van der Waals surface area contributed by atoms with Crippen LogP contribution in [-0.2, 0) is 20.7 Å². The van der Waals surface area contributed by atoms with Gasteiger partial charge in [0.2, 0.25) is 0 Å². The summed E-state index contributed by atoms with van der Waals surface area (Å²) in [7, 11) is 0. The molecule has 0 unspecified atom stereocenters. The van der Waals surface area contributed by atoms with E-state index in [9.17, 15) is 14.4 Å². The first-order valence-electron chi connectivity index (χ1n) is 13.4. The number of fused-ring (bicyclic) bond motifs is 1. The van der Waals surface area contributed by atoms with Crippen LogP contribution in [0, 0.1) is 6.92 Å². The molecule has 0 spiro atoms. The van der Waals surface area contributed by atoms with Crippen LogP contribution in [0.2, 0.25) is 0 Å². The molecular formula is C33H29NO5S. The highest BCUT2D eigenvalue weighted by atomic mass is 32.1. The average Bonchev–Trinajstić information content (AvgIpc) is 3.49. The fourth-order valence-electron chi connectivity index (χ4n) is 5.79. The number of dihydropyridines is 1. The quantitative estimate of drug-likeness (QED) is 0.283. The smallest absolute Gasteiger partial charge is 0.336 e. The number of hydrogen-bond donors (Lipinski definition) is 1. The van der Waals surface area contributed by atoms with Gasteiger partial charge in [0.15, 0.2) is 11.2 Å². The van der Waals surface area contributed by atoms with Gasteiger partial charge in [-0.05, 0) is 49.4 Å². The Balaban J connectivity index is 1.42. The Morgan fingerprint density at radius 2 is 1.88 bits per heavy atom. The third-order valence-corrected chi connectivity index (χ3v) is 8.76. The number of ether oxygens (including phenoxy) is 1. The fraction of sp³-hybridized carbons (Fsp3) is 0.242.